The zero-order chi connectivity index (χ0) is 17.2. The predicted molar refractivity (Wildman–Crippen MR) is 98.3 cm³/mol. The Bertz CT molecular complexity index is 635. The summed E-state index contributed by atoms with van der Waals surface area (Å²) in [7, 11) is 0. The summed E-state index contributed by atoms with van der Waals surface area (Å²) in [6.07, 6.45) is 3.70. The Kier molecular flexibility index (Phi) is 7.55. The lowest BCUT2D eigenvalue weighted by molar-refractivity contribution is 0.631. The van der Waals surface area contributed by atoms with Crippen LogP contribution in [0, 0.1) is 0 Å². The predicted octanol–water partition coefficient (Wildman–Crippen LogP) is 2.64. The molecule has 130 valence electrons. The van der Waals surface area contributed by atoms with Crippen LogP contribution >= 0.6 is 11.6 Å². The fraction of sp³-hybridized carbons (Fsp3) is 0.471. The third-order valence-electron chi connectivity index (χ3n) is 3.53. The van der Waals surface area contributed by atoms with E-state index in [-0.39, 0.29) is 0 Å². The first-order chi connectivity index (χ1) is 11.7. The third kappa shape index (κ3) is 5.85. The first-order valence-corrected chi connectivity index (χ1v) is 8.74. The van der Waals surface area contributed by atoms with Crippen molar-refractivity contribution in [3.8, 4) is 0 Å². The van der Waals surface area contributed by atoms with Gasteiger partial charge in [0.2, 0.25) is 0 Å². The van der Waals surface area contributed by atoms with Crippen LogP contribution in [0.15, 0.2) is 35.6 Å². The molecule has 0 amide bonds. The summed E-state index contributed by atoms with van der Waals surface area (Å²) in [4.78, 5) is 4.63. The van der Waals surface area contributed by atoms with Crippen LogP contribution in [0.25, 0.3) is 0 Å². The number of aryl methyl sites for hydroxylation is 1. The molecule has 0 saturated heterocycles. The Morgan fingerprint density at radius 3 is 2.62 bits per heavy atom. The van der Waals surface area contributed by atoms with Gasteiger partial charge in [0.15, 0.2) is 5.96 Å². The first-order valence-electron chi connectivity index (χ1n) is 8.36. The Morgan fingerprint density at radius 2 is 1.92 bits per heavy atom. The van der Waals surface area contributed by atoms with Crippen molar-refractivity contribution in [3.05, 3.63) is 47.0 Å². The Balaban J connectivity index is 1.89. The lowest BCUT2D eigenvalue weighted by Crippen LogP contribution is -2.39. The molecule has 1 aromatic heterocycles. The summed E-state index contributed by atoms with van der Waals surface area (Å²) < 4.78 is 2.06. The van der Waals surface area contributed by atoms with Gasteiger partial charge in [-0.1, -0.05) is 37.6 Å². The highest BCUT2D eigenvalue weighted by Gasteiger charge is 2.02. The van der Waals surface area contributed by atoms with Gasteiger partial charge in [0.1, 0.15) is 12.2 Å². The highest BCUT2D eigenvalue weighted by atomic mass is 35.5. The Morgan fingerprint density at radius 1 is 1.17 bits per heavy atom. The van der Waals surface area contributed by atoms with E-state index >= 15 is 0 Å². The second-order valence-electron chi connectivity index (χ2n) is 5.44. The summed E-state index contributed by atoms with van der Waals surface area (Å²) in [5.41, 5.74) is 1.13. The molecule has 0 spiro atoms. The maximum absolute atomic E-state index is 5.91. The number of rotatable bonds is 8. The van der Waals surface area contributed by atoms with Crippen LogP contribution in [0.5, 0.6) is 0 Å². The molecule has 0 aliphatic rings. The number of halogens is 1. The topological polar surface area (TPSA) is 67.1 Å². The summed E-state index contributed by atoms with van der Waals surface area (Å²) >= 11 is 5.91. The van der Waals surface area contributed by atoms with E-state index in [2.05, 4.69) is 44.2 Å². The molecule has 0 aliphatic carbocycles. The lowest BCUT2D eigenvalue weighted by Gasteiger charge is -2.13. The van der Waals surface area contributed by atoms with Gasteiger partial charge in [0.25, 0.3) is 0 Å². The molecule has 0 saturated carbocycles. The van der Waals surface area contributed by atoms with E-state index in [4.69, 9.17) is 11.6 Å². The van der Waals surface area contributed by atoms with Gasteiger partial charge in [-0.25, -0.2) is 4.99 Å². The minimum absolute atomic E-state index is 0.614. The number of nitrogens with one attached hydrogen (secondary N) is 2. The summed E-state index contributed by atoms with van der Waals surface area (Å²) in [6, 6.07) is 7.76. The van der Waals surface area contributed by atoms with Crippen molar-refractivity contribution in [1.82, 2.24) is 25.4 Å². The molecule has 7 heteroatoms. The number of benzene rings is 1. The highest BCUT2D eigenvalue weighted by molar-refractivity contribution is 6.30. The SMILES string of the molecule is CCCNC(=NCc1ccc(Cl)cc1)NCCn1cnnc1CC. The second-order valence-corrected chi connectivity index (χ2v) is 5.88. The van der Waals surface area contributed by atoms with Crippen molar-refractivity contribution >= 4 is 17.6 Å². The maximum atomic E-state index is 5.91. The average molecular weight is 349 g/mol. The molecule has 0 aliphatic heterocycles. The molecule has 0 atom stereocenters. The monoisotopic (exact) mass is 348 g/mol. The van der Waals surface area contributed by atoms with E-state index in [1.807, 2.05) is 24.3 Å². The number of hydrogen-bond acceptors (Lipinski definition) is 3. The van der Waals surface area contributed by atoms with Gasteiger partial charge in [0.05, 0.1) is 6.54 Å². The van der Waals surface area contributed by atoms with Crippen LogP contribution in [0.4, 0.5) is 0 Å². The number of hydrogen-bond donors (Lipinski definition) is 2. The molecule has 24 heavy (non-hydrogen) atoms. The minimum atomic E-state index is 0.614. The summed E-state index contributed by atoms with van der Waals surface area (Å²) in [5, 5.41) is 15.5. The summed E-state index contributed by atoms with van der Waals surface area (Å²) in [5.74, 6) is 1.82. The molecule has 2 rings (SSSR count). The number of aromatic nitrogens is 3. The molecular weight excluding hydrogens is 324 g/mol. The van der Waals surface area contributed by atoms with Crippen LogP contribution in [-0.2, 0) is 19.5 Å². The largest absolute Gasteiger partial charge is 0.356 e. The number of aliphatic imine (C=N–C) groups is 1. The standard InChI is InChI=1S/C17H25ClN6/c1-3-9-19-17(21-12-14-5-7-15(18)8-6-14)20-10-11-24-13-22-23-16(24)4-2/h5-8,13H,3-4,9-12H2,1-2H3,(H2,19,20,21). The van der Waals surface area contributed by atoms with E-state index in [1.165, 1.54) is 0 Å². The second kappa shape index (κ2) is 9.93. The molecule has 6 nitrogen and oxygen atoms in total. The molecule has 1 aromatic carbocycles. The van der Waals surface area contributed by atoms with Gasteiger partial charge in [-0.15, -0.1) is 10.2 Å². The van der Waals surface area contributed by atoms with E-state index in [0.717, 1.165) is 54.8 Å². The van der Waals surface area contributed by atoms with Crippen molar-refractivity contribution in [2.75, 3.05) is 13.1 Å². The molecule has 0 fully saturated rings. The summed E-state index contributed by atoms with van der Waals surface area (Å²) in [6.45, 7) is 7.29. The van der Waals surface area contributed by atoms with Crippen molar-refractivity contribution in [2.45, 2.75) is 39.8 Å². The maximum Gasteiger partial charge on any atom is 0.191 e. The zero-order valence-corrected chi connectivity index (χ0v) is 15.1. The van der Waals surface area contributed by atoms with Gasteiger partial charge in [0, 0.05) is 31.1 Å². The van der Waals surface area contributed by atoms with E-state index < -0.39 is 0 Å². The first kappa shape index (κ1) is 18.3. The van der Waals surface area contributed by atoms with Crippen molar-refractivity contribution in [3.63, 3.8) is 0 Å². The highest BCUT2D eigenvalue weighted by Crippen LogP contribution is 2.10. The van der Waals surface area contributed by atoms with Crippen molar-refractivity contribution in [2.24, 2.45) is 4.99 Å². The molecule has 0 radical (unpaired) electrons. The number of guanidine groups is 1. The molecular formula is C17H25ClN6. The van der Waals surface area contributed by atoms with Gasteiger partial charge in [-0.2, -0.15) is 0 Å². The molecule has 1 heterocycles. The Labute approximate surface area is 148 Å². The Hall–Kier alpha value is -2.08. The lowest BCUT2D eigenvalue weighted by atomic mass is 10.2. The molecule has 0 bridgehead atoms. The minimum Gasteiger partial charge on any atom is -0.356 e. The number of nitrogens with zero attached hydrogens (tertiary/aromatic N) is 4. The van der Waals surface area contributed by atoms with E-state index in [0.29, 0.717) is 6.54 Å². The van der Waals surface area contributed by atoms with Crippen LogP contribution in [0.3, 0.4) is 0 Å². The normalized spacial score (nSPS) is 11.5. The van der Waals surface area contributed by atoms with Crippen LogP contribution in [0.1, 0.15) is 31.7 Å². The molecule has 0 unspecified atom stereocenters. The van der Waals surface area contributed by atoms with Gasteiger partial charge in [-0.3, -0.25) is 0 Å². The van der Waals surface area contributed by atoms with Gasteiger partial charge in [-0.05, 0) is 24.1 Å². The zero-order valence-electron chi connectivity index (χ0n) is 14.3. The molecule has 2 aromatic rings. The average Bonchev–Trinajstić information content (AvgIpc) is 3.05. The smallest absolute Gasteiger partial charge is 0.191 e. The van der Waals surface area contributed by atoms with Crippen LogP contribution < -0.4 is 10.6 Å². The van der Waals surface area contributed by atoms with Crippen LogP contribution in [-0.4, -0.2) is 33.8 Å². The fourth-order valence-corrected chi connectivity index (χ4v) is 2.34. The fourth-order valence-electron chi connectivity index (χ4n) is 2.21. The quantitative estimate of drug-likeness (QED) is 0.568. The van der Waals surface area contributed by atoms with Crippen molar-refractivity contribution in [1.29, 1.82) is 0 Å². The van der Waals surface area contributed by atoms with Gasteiger partial charge >= 0.3 is 0 Å². The van der Waals surface area contributed by atoms with E-state index in [1.54, 1.807) is 6.33 Å². The van der Waals surface area contributed by atoms with Gasteiger partial charge < -0.3 is 15.2 Å². The van der Waals surface area contributed by atoms with E-state index in [9.17, 15) is 0 Å². The third-order valence-corrected chi connectivity index (χ3v) is 3.78. The molecule has 2 N–H and O–H groups in total. The van der Waals surface area contributed by atoms with Crippen LogP contribution in [0.2, 0.25) is 5.02 Å². The van der Waals surface area contributed by atoms with Crippen molar-refractivity contribution < 1.29 is 0 Å².